The third-order valence-corrected chi connectivity index (χ3v) is 4.77. The molecule has 3 aliphatic rings. The quantitative estimate of drug-likeness (QED) is 0.659. The third kappa shape index (κ3) is 1.48. The minimum Gasteiger partial charge on any atom is -0.322 e. The Hall–Kier alpha value is -2.10. The van der Waals surface area contributed by atoms with Gasteiger partial charge in [0.05, 0.1) is 6.54 Å². The van der Waals surface area contributed by atoms with Crippen LogP contribution in [0.25, 0.3) is 0 Å². The van der Waals surface area contributed by atoms with Gasteiger partial charge < -0.3 is 5.32 Å². The van der Waals surface area contributed by atoms with E-state index in [1.54, 1.807) is 0 Å². The van der Waals surface area contributed by atoms with Crippen molar-refractivity contribution < 1.29 is 9.59 Å². The lowest BCUT2D eigenvalue weighted by molar-refractivity contribution is -0.132. The van der Waals surface area contributed by atoms with Crippen LogP contribution in [0, 0.1) is 11.8 Å². The van der Waals surface area contributed by atoms with Crippen LogP contribution in [-0.4, -0.2) is 22.4 Å². The number of urea groups is 1. The molecule has 4 nitrogen and oxygen atoms in total. The highest BCUT2D eigenvalue weighted by atomic mass is 16.2. The molecule has 2 bridgehead atoms. The van der Waals surface area contributed by atoms with Crippen molar-refractivity contribution in [3.63, 3.8) is 0 Å². The zero-order valence-corrected chi connectivity index (χ0v) is 11.1. The van der Waals surface area contributed by atoms with Crippen LogP contribution in [0.5, 0.6) is 0 Å². The summed E-state index contributed by atoms with van der Waals surface area (Å²) in [4.78, 5) is 26.3. The van der Waals surface area contributed by atoms with Crippen molar-refractivity contribution in [2.45, 2.75) is 24.9 Å². The van der Waals surface area contributed by atoms with E-state index in [1.807, 2.05) is 30.3 Å². The Morgan fingerprint density at radius 3 is 2.65 bits per heavy atom. The van der Waals surface area contributed by atoms with Gasteiger partial charge in [-0.25, -0.2) is 4.79 Å². The first kappa shape index (κ1) is 11.7. The fraction of sp³-hybridized carbons (Fsp3) is 0.375. The van der Waals surface area contributed by atoms with E-state index in [2.05, 4.69) is 17.5 Å². The topological polar surface area (TPSA) is 49.4 Å². The standard InChI is InChI=1S/C16H16N2O2/c19-14-16(9-12-6-7-13(16)8-12)17-15(20)18(14)10-11-4-2-1-3-5-11/h1-7,12-13H,8-10H2,(H,17,20)/t12-,13+,16-/m0/s1. The zero-order chi connectivity index (χ0) is 13.7. The van der Waals surface area contributed by atoms with E-state index >= 15 is 0 Å². The first-order valence-electron chi connectivity index (χ1n) is 7.05. The minimum atomic E-state index is -0.661. The van der Waals surface area contributed by atoms with Crippen LogP contribution in [0.3, 0.4) is 0 Å². The van der Waals surface area contributed by atoms with Crippen LogP contribution in [-0.2, 0) is 11.3 Å². The lowest BCUT2D eigenvalue weighted by Gasteiger charge is -2.28. The van der Waals surface area contributed by atoms with Gasteiger partial charge in [-0.05, 0) is 24.3 Å². The minimum absolute atomic E-state index is 0.0526. The molecule has 1 N–H and O–H groups in total. The number of nitrogens with one attached hydrogen (secondary N) is 1. The number of fused-ring (bicyclic) bond motifs is 3. The monoisotopic (exact) mass is 268 g/mol. The van der Waals surface area contributed by atoms with Gasteiger partial charge in [0.15, 0.2) is 0 Å². The zero-order valence-electron chi connectivity index (χ0n) is 11.1. The van der Waals surface area contributed by atoms with Crippen molar-refractivity contribution in [1.82, 2.24) is 10.2 Å². The summed E-state index contributed by atoms with van der Waals surface area (Å²) < 4.78 is 0. The Labute approximate surface area is 117 Å². The van der Waals surface area contributed by atoms with Crippen molar-refractivity contribution in [3.8, 4) is 0 Å². The SMILES string of the molecule is O=C1N[C@]2(C[C@H]3C=C[C@@H]2C3)C(=O)N1Cc1ccccc1. The summed E-state index contributed by atoms with van der Waals surface area (Å²) in [5.41, 5.74) is 0.317. The summed E-state index contributed by atoms with van der Waals surface area (Å²) in [6.45, 7) is 0.356. The molecule has 3 atom stereocenters. The highest BCUT2D eigenvalue weighted by Crippen LogP contribution is 2.49. The normalized spacial score (nSPS) is 34.3. The van der Waals surface area contributed by atoms with Gasteiger partial charge >= 0.3 is 6.03 Å². The molecule has 1 saturated carbocycles. The Bertz CT molecular complexity index is 610. The van der Waals surface area contributed by atoms with E-state index in [1.165, 1.54) is 4.90 Å². The maximum atomic E-state index is 12.7. The first-order chi connectivity index (χ1) is 9.69. The number of benzene rings is 1. The molecule has 4 rings (SSSR count). The fourth-order valence-electron chi connectivity index (χ4n) is 3.80. The second-order valence-electron chi connectivity index (χ2n) is 5.97. The summed E-state index contributed by atoms with van der Waals surface area (Å²) in [6, 6.07) is 9.39. The van der Waals surface area contributed by atoms with E-state index in [9.17, 15) is 9.59 Å². The smallest absolute Gasteiger partial charge is 0.322 e. The number of amides is 3. The van der Waals surface area contributed by atoms with Crippen LogP contribution in [0.4, 0.5) is 4.79 Å². The average molecular weight is 268 g/mol. The fourth-order valence-corrected chi connectivity index (χ4v) is 3.80. The molecular formula is C16H16N2O2. The highest BCUT2D eigenvalue weighted by molar-refractivity contribution is 6.07. The summed E-state index contributed by atoms with van der Waals surface area (Å²) >= 11 is 0. The molecule has 1 aliphatic heterocycles. The Balaban J connectivity index is 1.62. The van der Waals surface area contributed by atoms with Crippen molar-refractivity contribution in [2.24, 2.45) is 11.8 Å². The summed E-state index contributed by atoms with van der Waals surface area (Å²) in [6.07, 6.45) is 6.02. The van der Waals surface area contributed by atoms with Gasteiger partial charge in [-0.2, -0.15) is 0 Å². The molecule has 0 unspecified atom stereocenters. The van der Waals surface area contributed by atoms with Gasteiger partial charge in [0.1, 0.15) is 5.54 Å². The highest BCUT2D eigenvalue weighted by Gasteiger charge is 2.60. The van der Waals surface area contributed by atoms with Crippen LogP contribution in [0.2, 0.25) is 0 Å². The van der Waals surface area contributed by atoms with Gasteiger partial charge in [0, 0.05) is 5.92 Å². The lowest BCUT2D eigenvalue weighted by atomic mass is 9.84. The number of nitrogens with zero attached hydrogens (tertiary/aromatic N) is 1. The van der Waals surface area contributed by atoms with E-state index in [0.29, 0.717) is 12.5 Å². The molecule has 0 radical (unpaired) electrons. The number of hydrogen-bond acceptors (Lipinski definition) is 2. The maximum absolute atomic E-state index is 12.7. The van der Waals surface area contributed by atoms with Gasteiger partial charge in [-0.1, -0.05) is 42.5 Å². The van der Waals surface area contributed by atoms with E-state index < -0.39 is 5.54 Å². The summed E-state index contributed by atoms with van der Waals surface area (Å²) in [5.74, 6) is 0.564. The second kappa shape index (κ2) is 3.95. The predicted octanol–water partition coefficient (Wildman–Crippen LogP) is 2.07. The number of imide groups is 1. The number of allylic oxidation sites excluding steroid dienone is 1. The lowest BCUT2D eigenvalue weighted by Crippen LogP contribution is -2.50. The summed E-state index contributed by atoms with van der Waals surface area (Å²) in [5, 5.41) is 2.97. The molecular weight excluding hydrogens is 252 g/mol. The molecule has 1 heterocycles. The van der Waals surface area contributed by atoms with E-state index in [4.69, 9.17) is 0 Å². The van der Waals surface area contributed by atoms with Crippen LogP contribution < -0.4 is 5.32 Å². The number of hydrogen-bond donors (Lipinski definition) is 1. The van der Waals surface area contributed by atoms with E-state index in [-0.39, 0.29) is 17.9 Å². The first-order valence-corrected chi connectivity index (χ1v) is 7.05. The predicted molar refractivity (Wildman–Crippen MR) is 73.6 cm³/mol. The molecule has 2 fully saturated rings. The van der Waals surface area contributed by atoms with Gasteiger partial charge in [-0.15, -0.1) is 0 Å². The third-order valence-electron chi connectivity index (χ3n) is 4.77. The Morgan fingerprint density at radius 1 is 1.20 bits per heavy atom. The molecule has 2 aliphatic carbocycles. The van der Waals surface area contributed by atoms with Crippen LogP contribution >= 0.6 is 0 Å². The Morgan fingerprint density at radius 2 is 2.00 bits per heavy atom. The van der Waals surface area contributed by atoms with Crippen molar-refractivity contribution in [1.29, 1.82) is 0 Å². The number of carbonyl (C=O) groups is 2. The molecule has 102 valence electrons. The van der Waals surface area contributed by atoms with Gasteiger partial charge in [0.25, 0.3) is 5.91 Å². The molecule has 4 heteroatoms. The molecule has 0 aromatic heterocycles. The van der Waals surface area contributed by atoms with Crippen LogP contribution in [0.15, 0.2) is 42.5 Å². The number of carbonyl (C=O) groups excluding carboxylic acids is 2. The largest absolute Gasteiger partial charge is 0.325 e. The van der Waals surface area contributed by atoms with Crippen molar-refractivity contribution in [3.05, 3.63) is 48.0 Å². The molecule has 3 amide bonds. The van der Waals surface area contributed by atoms with Crippen molar-refractivity contribution >= 4 is 11.9 Å². The van der Waals surface area contributed by atoms with Crippen molar-refractivity contribution in [2.75, 3.05) is 0 Å². The molecule has 20 heavy (non-hydrogen) atoms. The maximum Gasteiger partial charge on any atom is 0.325 e. The molecule has 1 saturated heterocycles. The molecule has 1 aromatic carbocycles. The van der Waals surface area contributed by atoms with Crippen LogP contribution in [0.1, 0.15) is 18.4 Å². The molecule has 1 spiro atoms. The van der Waals surface area contributed by atoms with Gasteiger partial charge in [-0.3, -0.25) is 9.69 Å². The summed E-state index contributed by atoms with van der Waals surface area (Å²) in [7, 11) is 0. The Kier molecular flexibility index (Phi) is 2.31. The van der Waals surface area contributed by atoms with Gasteiger partial charge in [0.2, 0.25) is 0 Å². The molecule has 1 aromatic rings. The average Bonchev–Trinajstić information content (AvgIpc) is 3.11. The number of rotatable bonds is 2. The van der Waals surface area contributed by atoms with E-state index in [0.717, 1.165) is 18.4 Å². The second-order valence-corrected chi connectivity index (χ2v) is 5.97.